The molecular formula is C11H22N2O3. The van der Waals surface area contributed by atoms with Crippen LogP contribution in [0.15, 0.2) is 0 Å². The maximum atomic E-state index is 10.9. The third-order valence-electron chi connectivity index (χ3n) is 3.02. The SMILES string of the molecule is CCN(CC(C)(C)O)C1(CC(=O)O)CNC1. The van der Waals surface area contributed by atoms with Gasteiger partial charge in [0.2, 0.25) is 0 Å². The van der Waals surface area contributed by atoms with Crippen molar-refractivity contribution in [1.29, 1.82) is 0 Å². The van der Waals surface area contributed by atoms with E-state index in [1.807, 2.05) is 6.92 Å². The highest BCUT2D eigenvalue weighted by atomic mass is 16.4. The molecule has 3 N–H and O–H groups in total. The first-order chi connectivity index (χ1) is 7.29. The van der Waals surface area contributed by atoms with Crippen LogP contribution in [0.25, 0.3) is 0 Å². The summed E-state index contributed by atoms with van der Waals surface area (Å²) in [5.74, 6) is -0.782. The number of aliphatic hydroxyl groups is 1. The highest BCUT2D eigenvalue weighted by Gasteiger charge is 2.44. The van der Waals surface area contributed by atoms with Gasteiger partial charge in [-0.1, -0.05) is 6.92 Å². The number of rotatable bonds is 6. The number of carbonyl (C=O) groups is 1. The quantitative estimate of drug-likeness (QED) is 0.594. The highest BCUT2D eigenvalue weighted by Crippen LogP contribution is 2.26. The third-order valence-corrected chi connectivity index (χ3v) is 3.02. The van der Waals surface area contributed by atoms with Crippen molar-refractivity contribution in [2.24, 2.45) is 0 Å². The molecular weight excluding hydrogens is 208 g/mol. The fourth-order valence-electron chi connectivity index (χ4n) is 2.24. The minimum Gasteiger partial charge on any atom is -0.481 e. The molecule has 1 saturated heterocycles. The molecule has 5 nitrogen and oxygen atoms in total. The Morgan fingerprint density at radius 2 is 2.06 bits per heavy atom. The molecule has 94 valence electrons. The summed E-state index contributed by atoms with van der Waals surface area (Å²) in [7, 11) is 0. The van der Waals surface area contributed by atoms with Crippen LogP contribution in [0.4, 0.5) is 0 Å². The molecule has 0 aromatic rings. The number of nitrogens with one attached hydrogen (secondary N) is 1. The van der Waals surface area contributed by atoms with Gasteiger partial charge in [0.05, 0.1) is 17.6 Å². The number of β-amino-alcohol motifs (C(OH)–C–C–N with tert-alkyl or cyclic N) is 1. The summed E-state index contributed by atoms with van der Waals surface area (Å²) >= 11 is 0. The van der Waals surface area contributed by atoms with Gasteiger partial charge in [0, 0.05) is 19.6 Å². The van der Waals surface area contributed by atoms with E-state index in [1.54, 1.807) is 13.8 Å². The fourth-order valence-corrected chi connectivity index (χ4v) is 2.24. The molecule has 0 aromatic carbocycles. The Morgan fingerprint density at radius 3 is 2.31 bits per heavy atom. The highest BCUT2D eigenvalue weighted by molar-refractivity contribution is 5.68. The predicted octanol–water partition coefficient (Wildman–Crippen LogP) is -0.104. The topological polar surface area (TPSA) is 72.8 Å². The molecule has 16 heavy (non-hydrogen) atoms. The Morgan fingerprint density at radius 1 is 1.50 bits per heavy atom. The van der Waals surface area contributed by atoms with Gasteiger partial charge in [-0.15, -0.1) is 0 Å². The van der Waals surface area contributed by atoms with Crippen molar-refractivity contribution < 1.29 is 15.0 Å². The fraction of sp³-hybridized carbons (Fsp3) is 0.909. The molecule has 0 saturated carbocycles. The summed E-state index contributed by atoms with van der Waals surface area (Å²) in [5, 5.41) is 21.9. The van der Waals surface area contributed by atoms with Crippen molar-refractivity contribution in [3.05, 3.63) is 0 Å². The minimum absolute atomic E-state index is 0.129. The van der Waals surface area contributed by atoms with Gasteiger partial charge in [0.15, 0.2) is 0 Å². The normalized spacial score (nSPS) is 19.6. The Bertz CT molecular complexity index is 256. The molecule has 0 radical (unpaired) electrons. The van der Waals surface area contributed by atoms with E-state index in [-0.39, 0.29) is 12.0 Å². The van der Waals surface area contributed by atoms with Gasteiger partial charge in [0.25, 0.3) is 0 Å². The second-order valence-electron chi connectivity index (χ2n) is 5.23. The summed E-state index contributed by atoms with van der Waals surface area (Å²) in [5.41, 5.74) is -1.11. The van der Waals surface area contributed by atoms with Crippen molar-refractivity contribution in [3.63, 3.8) is 0 Å². The lowest BCUT2D eigenvalue weighted by atomic mass is 9.85. The van der Waals surface area contributed by atoms with Gasteiger partial charge in [-0.2, -0.15) is 0 Å². The van der Waals surface area contributed by atoms with E-state index in [9.17, 15) is 9.90 Å². The van der Waals surface area contributed by atoms with Crippen molar-refractivity contribution >= 4 is 5.97 Å². The first-order valence-corrected chi connectivity index (χ1v) is 5.69. The van der Waals surface area contributed by atoms with Crippen LogP contribution >= 0.6 is 0 Å². The van der Waals surface area contributed by atoms with Crippen LogP contribution in [0.1, 0.15) is 27.2 Å². The number of hydrogen-bond donors (Lipinski definition) is 3. The van der Waals surface area contributed by atoms with E-state index in [1.165, 1.54) is 0 Å². The zero-order valence-electron chi connectivity index (χ0n) is 10.3. The summed E-state index contributed by atoms with van der Waals surface area (Å²) < 4.78 is 0. The summed E-state index contributed by atoms with van der Waals surface area (Å²) in [6.45, 7) is 8.10. The monoisotopic (exact) mass is 230 g/mol. The average molecular weight is 230 g/mol. The first-order valence-electron chi connectivity index (χ1n) is 5.69. The number of carboxylic acids is 1. The molecule has 1 heterocycles. The summed E-state index contributed by atoms with van der Waals surface area (Å²) in [6, 6.07) is 0. The number of carboxylic acid groups (broad SMARTS) is 1. The molecule has 0 amide bonds. The van der Waals surface area contributed by atoms with Crippen molar-refractivity contribution in [3.8, 4) is 0 Å². The molecule has 1 fully saturated rings. The Labute approximate surface area is 96.4 Å². The van der Waals surface area contributed by atoms with Crippen LogP contribution in [0, 0.1) is 0 Å². The van der Waals surface area contributed by atoms with Crippen LogP contribution in [0.3, 0.4) is 0 Å². The van der Waals surface area contributed by atoms with E-state index in [0.29, 0.717) is 19.6 Å². The van der Waals surface area contributed by atoms with Gasteiger partial charge in [-0.3, -0.25) is 9.69 Å². The van der Waals surface area contributed by atoms with Crippen LogP contribution in [-0.4, -0.2) is 58.4 Å². The Kier molecular flexibility index (Phi) is 3.93. The molecule has 0 bridgehead atoms. The average Bonchev–Trinajstić information content (AvgIpc) is 2.05. The minimum atomic E-state index is -0.795. The lowest BCUT2D eigenvalue weighted by molar-refractivity contribution is -0.143. The zero-order valence-corrected chi connectivity index (χ0v) is 10.3. The van der Waals surface area contributed by atoms with E-state index in [0.717, 1.165) is 6.54 Å². The Balaban J connectivity index is 2.71. The van der Waals surface area contributed by atoms with Crippen molar-refractivity contribution in [1.82, 2.24) is 10.2 Å². The zero-order chi connectivity index (χ0) is 12.4. The maximum absolute atomic E-state index is 10.9. The number of nitrogens with zero attached hydrogens (tertiary/aromatic N) is 1. The molecule has 1 aliphatic rings. The lowest BCUT2D eigenvalue weighted by Crippen LogP contribution is -2.70. The molecule has 0 unspecified atom stereocenters. The maximum Gasteiger partial charge on any atom is 0.305 e. The number of hydrogen-bond acceptors (Lipinski definition) is 4. The van der Waals surface area contributed by atoms with Gasteiger partial charge in [-0.25, -0.2) is 0 Å². The van der Waals surface area contributed by atoms with E-state index in [4.69, 9.17) is 5.11 Å². The molecule has 0 aromatic heterocycles. The third kappa shape index (κ3) is 3.17. The number of likely N-dealkylation sites (N-methyl/N-ethyl adjacent to an activating group) is 1. The van der Waals surface area contributed by atoms with Crippen LogP contribution < -0.4 is 5.32 Å². The van der Waals surface area contributed by atoms with Gasteiger partial charge in [0.1, 0.15) is 0 Å². The smallest absolute Gasteiger partial charge is 0.305 e. The van der Waals surface area contributed by atoms with Crippen LogP contribution in [0.5, 0.6) is 0 Å². The predicted molar refractivity (Wildman–Crippen MR) is 61.4 cm³/mol. The second-order valence-corrected chi connectivity index (χ2v) is 5.23. The summed E-state index contributed by atoms with van der Waals surface area (Å²) in [4.78, 5) is 12.9. The molecule has 0 aliphatic carbocycles. The molecule has 0 spiro atoms. The van der Waals surface area contributed by atoms with Crippen LogP contribution in [-0.2, 0) is 4.79 Å². The second kappa shape index (κ2) is 4.69. The van der Waals surface area contributed by atoms with Gasteiger partial charge >= 0.3 is 5.97 Å². The summed E-state index contributed by atoms with van der Waals surface area (Å²) in [6.07, 6.45) is 0.129. The molecule has 1 aliphatic heterocycles. The van der Waals surface area contributed by atoms with Gasteiger partial charge in [-0.05, 0) is 20.4 Å². The van der Waals surface area contributed by atoms with E-state index in [2.05, 4.69) is 10.2 Å². The molecule has 5 heteroatoms. The standard InChI is InChI=1S/C11H22N2O3/c1-4-13(8-10(2,3)16)11(5-9(14)15)6-12-7-11/h12,16H,4-8H2,1-3H3,(H,14,15). The molecule has 1 rings (SSSR count). The Hall–Kier alpha value is -0.650. The van der Waals surface area contributed by atoms with E-state index < -0.39 is 11.6 Å². The lowest BCUT2D eigenvalue weighted by Gasteiger charge is -2.51. The van der Waals surface area contributed by atoms with Gasteiger partial charge < -0.3 is 15.5 Å². The van der Waals surface area contributed by atoms with Crippen molar-refractivity contribution in [2.45, 2.75) is 38.3 Å². The van der Waals surface area contributed by atoms with E-state index >= 15 is 0 Å². The largest absolute Gasteiger partial charge is 0.481 e. The number of aliphatic carboxylic acids is 1. The first kappa shape index (κ1) is 13.4. The van der Waals surface area contributed by atoms with Crippen LogP contribution in [0.2, 0.25) is 0 Å². The molecule has 0 atom stereocenters. The van der Waals surface area contributed by atoms with Crippen molar-refractivity contribution in [2.75, 3.05) is 26.2 Å².